The predicted molar refractivity (Wildman–Crippen MR) is 86.6 cm³/mol. The van der Waals surface area contributed by atoms with E-state index in [4.69, 9.17) is 0 Å². The molecule has 2 rings (SSSR count). The highest BCUT2D eigenvalue weighted by atomic mass is 32.1. The molecule has 1 aromatic heterocycles. The second-order valence-electron chi connectivity index (χ2n) is 4.92. The molecule has 1 aromatic carbocycles. The number of hydrogen-bond donors (Lipinski definition) is 2. The number of halogens is 1. The second-order valence-corrected chi connectivity index (χ2v) is 5.86. The van der Waals surface area contributed by atoms with Gasteiger partial charge < -0.3 is 10.6 Å². The summed E-state index contributed by atoms with van der Waals surface area (Å²) in [7, 11) is 0. The van der Waals surface area contributed by atoms with E-state index in [1.807, 2.05) is 12.3 Å². The Labute approximate surface area is 133 Å². The summed E-state index contributed by atoms with van der Waals surface area (Å²) in [4.78, 5) is 16.2. The molecule has 0 aliphatic rings. The first-order valence-electron chi connectivity index (χ1n) is 7.32. The summed E-state index contributed by atoms with van der Waals surface area (Å²) in [6.45, 7) is 4.32. The smallest absolute Gasteiger partial charge is 0.226 e. The van der Waals surface area contributed by atoms with Crippen molar-refractivity contribution >= 4 is 17.2 Å². The number of thiazole rings is 1. The normalized spacial score (nSPS) is 10.6. The number of carbonyl (C=O) groups is 1. The molecule has 0 bridgehead atoms. The van der Waals surface area contributed by atoms with Crippen LogP contribution in [0.15, 0.2) is 29.6 Å². The minimum atomic E-state index is -0.238. The summed E-state index contributed by atoms with van der Waals surface area (Å²) >= 11 is 1.53. The van der Waals surface area contributed by atoms with Crippen LogP contribution >= 0.6 is 11.3 Å². The summed E-state index contributed by atoms with van der Waals surface area (Å²) in [5, 5.41) is 8.84. The van der Waals surface area contributed by atoms with E-state index in [1.165, 1.54) is 23.5 Å². The largest absolute Gasteiger partial charge is 0.354 e. The summed E-state index contributed by atoms with van der Waals surface area (Å²) in [6, 6.07) is 6.40. The number of nitrogens with zero attached hydrogens (tertiary/aromatic N) is 1. The van der Waals surface area contributed by atoms with E-state index < -0.39 is 0 Å². The van der Waals surface area contributed by atoms with Crippen molar-refractivity contribution in [2.75, 3.05) is 19.6 Å². The zero-order valence-corrected chi connectivity index (χ0v) is 13.4. The van der Waals surface area contributed by atoms with Crippen molar-refractivity contribution in [2.24, 2.45) is 0 Å². The summed E-state index contributed by atoms with van der Waals surface area (Å²) in [6.07, 6.45) is 0.957. The van der Waals surface area contributed by atoms with Crippen molar-refractivity contribution in [3.63, 3.8) is 0 Å². The first kappa shape index (κ1) is 16.6. The van der Waals surface area contributed by atoms with Crippen LogP contribution in [0.1, 0.15) is 23.2 Å². The van der Waals surface area contributed by atoms with Crippen LogP contribution in [0.3, 0.4) is 0 Å². The number of nitrogens with one attached hydrogen (secondary N) is 2. The van der Waals surface area contributed by atoms with E-state index in [2.05, 4.69) is 15.6 Å². The number of likely N-dealkylation sites (N-methyl/N-ethyl adjacent to an activating group) is 1. The average Bonchev–Trinajstić information content (AvgIpc) is 2.93. The number of hydrogen-bond acceptors (Lipinski definition) is 4. The van der Waals surface area contributed by atoms with Gasteiger partial charge in [0.15, 0.2) is 0 Å². The van der Waals surface area contributed by atoms with Gasteiger partial charge in [-0.1, -0.05) is 19.1 Å². The zero-order chi connectivity index (χ0) is 15.8. The molecule has 118 valence electrons. The lowest BCUT2D eigenvalue weighted by molar-refractivity contribution is -0.120. The van der Waals surface area contributed by atoms with Gasteiger partial charge in [0, 0.05) is 24.9 Å². The second kappa shape index (κ2) is 8.60. The van der Waals surface area contributed by atoms with Gasteiger partial charge in [-0.05, 0) is 24.2 Å². The van der Waals surface area contributed by atoms with E-state index in [-0.39, 0.29) is 11.7 Å². The third-order valence-electron chi connectivity index (χ3n) is 3.08. The summed E-state index contributed by atoms with van der Waals surface area (Å²) in [5.41, 5.74) is 1.79. The van der Waals surface area contributed by atoms with E-state index in [0.717, 1.165) is 29.4 Å². The predicted octanol–water partition coefficient (Wildman–Crippen LogP) is 2.14. The molecule has 1 heterocycles. The van der Waals surface area contributed by atoms with Gasteiger partial charge in [-0.25, -0.2) is 9.37 Å². The lowest BCUT2D eigenvalue weighted by Gasteiger charge is -2.04. The highest BCUT2D eigenvalue weighted by Crippen LogP contribution is 2.15. The molecule has 0 unspecified atom stereocenters. The van der Waals surface area contributed by atoms with Crippen LogP contribution in [0.25, 0.3) is 0 Å². The Morgan fingerprint density at radius 3 is 2.77 bits per heavy atom. The van der Waals surface area contributed by atoms with Gasteiger partial charge in [-0.15, -0.1) is 11.3 Å². The van der Waals surface area contributed by atoms with Gasteiger partial charge in [0.05, 0.1) is 17.1 Å². The minimum Gasteiger partial charge on any atom is -0.354 e. The van der Waals surface area contributed by atoms with Gasteiger partial charge in [0.25, 0.3) is 0 Å². The molecule has 0 saturated carbocycles. The van der Waals surface area contributed by atoms with Crippen LogP contribution in [-0.4, -0.2) is 30.5 Å². The van der Waals surface area contributed by atoms with E-state index in [1.54, 1.807) is 12.1 Å². The Balaban J connectivity index is 1.80. The van der Waals surface area contributed by atoms with Crippen LogP contribution in [0.2, 0.25) is 0 Å². The molecule has 1 amide bonds. The van der Waals surface area contributed by atoms with Gasteiger partial charge in [-0.2, -0.15) is 0 Å². The van der Waals surface area contributed by atoms with Crippen molar-refractivity contribution < 1.29 is 9.18 Å². The topological polar surface area (TPSA) is 54.0 Å². The fraction of sp³-hybridized carbons (Fsp3) is 0.375. The Hall–Kier alpha value is -1.79. The molecular formula is C16H20FN3OS. The van der Waals surface area contributed by atoms with Crippen molar-refractivity contribution in [3.8, 4) is 0 Å². The summed E-state index contributed by atoms with van der Waals surface area (Å²) < 4.78 is 12.9. The molecular weight excluding hydrogens is 301 g/mol. The quantitative estimate of drug-likeness (QED) is 0.733. The Morgan fingerprint density at radius 1 is 1.27 bits per heavy atom. The maximum Gasteiger partial charge on any atom is 0.226 e. The molecule has 2 aromatic rings. The maximum atomic E-state index is 12.9. The number of benzene rings is 1. The van der Waals surface area contributed by atoms with Crippen molar-refractivity contribution in [2.45, 2.75) is 19.8 Å². The maximum absolute atomic E-state index is 12.9. The third-order valence-corrected chi connectivity index (χ3v) is 3.98. The van der Waals surface area contributed by atoms with Gasteiger partial charge >= 0.3 is 0 Å². The molecule has 4 nitrogen and oxygen atoms in total. The molecule has 2 N–H and O–H groups in total. The average molecular weight is 321 g/mol. The molecule has 22 heavy (non-hydrogen) atoms. The molecule has 0 radical (unpaired) electrons. The first-order chi connectivity index (χ1) is 10.7. The molecule has 0 saturated heterocycles. The lowest BCUT2D eigenvalue weighted by atomic mass is 10.1. The number of amides is 1. The Morgan fingerprint density at radius 2 is 2.05 bits per heavy atom. The summed E-state index contributed by atoms with van der Waals surface area (Å²) in [5.74, 6) is -0.255. The molecule has 6 heteroatoms. The molecule has 0 spiro atoms. The zero-order valence-electron chi connectivity index (χ0n) is 12.6. The van der Waals surface area contributed by atoms with E-state index >= 15 is 0 Å². The first-order valence-corrected chi connectivity index (χ1v) is 8.20. The van der Waals surface area contributed by atoms with Crippen LogP contribution < -0.4 is 10.6 Å². The lowest BCUT2D eigenvalue weighted by Crippen LogP contribution is -2.32. The fourth-order valence-electron chi connectivity index (χ4n) is 1.98. The van der Waals surface area contributed by atoms with E-state index in [9.17, 15) is 9.18 Å². The van der Waals surface area contributed by atoms with Crippen LogP contribution in [-0.2, 0) is 17.6 Å². The van der Waals surface area contributed by atoms with Crippen molar-refractivity contribution in [3.05, 3.63) is 51.7 Å². The number of aromatic nitrogens is 1. The Bertz CT molecular complexity index is 598. The van der Waals surface area contributed by atoms with Crippen molar-refractivity contribution in [1.29, 1.82) is 0 Å². The third kappa shape index (κ3) is 5.54. The van der Waals surface area contributed by atoms with Gasteiger partial charge in [0.1, 0.15) is 5.82 Å². The highest BCUT2D eigenvalue weighted by Gasteiger charge is 2.08. The van der Waals surface area contributed by atoms with Gasteiger partial charge in [-0.3, -0.25) is 4.79 Å². The molecule has 0 aliphatic carbocycles. The van der Waals surface area contributed by atoms with Gasteiger partial charge in [0.2, 0.25) is 5.91 Å². The van der Waals surface area contributed by atoms with E-state index in [0.29, 0.717) is 19.4 Å². The van der Waals surface area contributed by atoms with Crippen LogP contribution in [0.4, 0.5) is 4.39 Å². The number of rotatable bonds is 8. The monoisotopic (exact) mass is 321 g/mol. The molecule has 0 atom stereocenters. The fourth-order valence-corrected chi connectivity index (χ4v) is 2.81. The Kier molecular flexibility index (Phi) is 6.48. The standard InChI is InChI=1S/C16H20FN3OS/c1-2-18-7-8-19-15(21)10-14-11-22-16(20-14)9-12-3-5-13(17)6-4-12/h3-6,11,18H,2,7-10H2,1H3,(H,19,21). The molecule has 0 fully saturated rings. The number of carbonyl (C=O) groups excluding carboxylic acids is 1. The highest BCUT2D eigenvalue weighted by molar-refractivity contribution is 7.09. The minimum absolute atomic E-state index is 0.0171. The van der Waals surface area contributed by atoms with Crippen molar-refractivity contribution in [1.82, 2.24) is 15.6 Å². The van der Waals surface area contributed by atoms with Crippen LogP contribution in [0, 0.1) is 5.82 Å². The SMILES string of the molecule is CCNCCNC(=O)Cc1csc(Cc2ccc(F)cc2)n1. The molecule has 0 aliphatic heterocycles. The van der Waals surface area contributed by atoms with Crippen LogP contribution in [0.5, 0.6) is 0 Å².